The molecule has 53 valence electrons. The fourth-order valence-corrected chi connectivity index (χ4v) is 3.47. The van der Waals surface area contributed by atoms with Gasteiger partial charge in [0.25, 0.3) is 0 Å². The summed E-state index contributed by atoms with van der Waals surface area (Å²) in [6, 6.07) is 4.35. The third-order valence-electron chi connectivity index (χ3n) is 2.02. The molecule has 0 amide bonds. The Morgan fingerprint density at radius 2 is 2.27 bits per heavy atom. The lowest BCUT2D eigenvalue weighted by atomic mass is 10.2. The number of fused-ring (bicyclic) bond motifs is 3. The van der Waals surface area contributed by atoms with Crippen molar-refractivity contribution in [2.75, 3.05) is 0 Å². The Morgan fingerprint density at radius 1 is 1.27 bits per heavy atom. The van der Waals surface area contributed by atoms with Crippen molar-refractivity contribution in [3.63, 3.8) is 0 Å². The van der Waals surface area contributed by atoms with Gasteiger partial charge in [-0.15, -0.1) is 22.7 Å². The average molecular weight is 177 g/mol. The molecule has 1 aliphatic carbocycles. The predicted octanol–water partition coefficient (Wildman–Crippen LogP) is 3.18. The molecule has 0 N–H and O–H groups in total. The molecule has 0 aromatic carbocycles. The Balaban J connectivity index is 2.38. The van der Waals surface area contributed by atoms with Crippen LogP contribution < -0.4 is 0 Å². The second kappa shape index (κ2) is 1.96. The van der Waals surface area contributed by atoms with Crippen LogP contribution in [0.2, 0.25) is 0 Å². The minimum Gasteiger partial charge on any atom is -0.143 e. The van der Waals surface area contributed by atoms with Crippen LogP contribution in [-0.2, 0) is 6.42 Å². The standard InChI is InChI=1S/C9H5S2/c1-3-10-8-6(1)5-7-2-4-11-9(7)8/h1-3H,5H2. The molecule has 0 saturated heterocycles. The van der Waals surface area contributed by atoms with E-state index in [9.17, 15) is 0 Å². The summed E-state index contributed by atoms with van der Waals surface area (Å²) in [7, 11) is 0. The van der Waals surface area contributed by atoms with Gasteiger partial charge in [-0.3, -0.25) is 0 Å². The third-order valence-corrected chi connectivity index (χ3v) is 4.03. The quantitative estimate of drug-likeness (QED) is 0.494. The first-order valence-corrected chi connectivity index (χ1v) is 5.20. The predicted molar refractivity (Wildman–Crippen MR) is 49.3 cm³/mol. The molecule has 11 heavy (non-hydrogen) atoms. The molecule has 0 bridgehead atoms. The smallest absolute Gasteiger partial charge is 0.0487 e. The summed E-state index contributed by atoms with van der Waals surface area (Å²) >= 11 is 3.59. The number of rotatable bonds is 0. The van der Waals surface area contributed by atoms with Crippen LogP contribution in [0.25, 0.3) is 9.75 Å². The molecule has 2 heterocycles. The monoisotopic (exact) mass is 177 g/mol. The summed E-state index contributed by atoms with van der Waals surface area (Å²) < 4.78 is 0. The van der Waals surface area contributed by atoms with E-state index in [2.05, 4.69) is 22.9 Å². The Hall–Kier alpha value is -0.600. The molecular formula is C9H5S2. The van der Waals surface area contributed by atoms with Crippen molar-refractivity contribution in [1.82, 2.24) is 0 Å². The van der Waals surface area contributed by atoms with Gasteiger partial charge < -0.3 is 0 Å². The fourth-order valence-electron chi connectivity index (χ4n) is 1.49. The maximum Gasteiger partial charge on any atom is 0.0487 e. The molecule has 0 unspecified atom stereocenters. The first-order valence-electron chi connectivity index (χ1n) is 3.50. The van der Waals surface area contributed by atoms with E-state index in [1.807, 2.05) is 11.3 Å². The van der Waals surface area contributed by atoms with Crippen molar-refractivity contribution in [1.29, 1.82) is 0 Å². The average Bonchev–Trinajstić information content (AvgIpc) is 2.52. The summed E-state index contributed by atoms with van der Waals surface area (Å²) in [4.78, 5) is 2.93. The van der Waals surface area contributed by atoms with Crippen molar-refractivity contribution in [3.8, 4) is 9.75 Å². The molecule has 2 aromatic rings. The van der Waals surface area contributed by atoms with E-state index < -0.39 is 0 Å². The van der Waals surface area contributed by atoms with E-state index in [0.717, 1.165) is 6.42 Å². The van der Waals surface area contributed by atoms with Crippen molar-refractivity contribution in [2.24, 2.45) is 0 Å². The zero-order valence-corrected chi connectivity index (χ0v) is 7.39. The molecular weight excluding hydrogens is 172 g/mol. The van der Waals surface area contributed by atoms with E-state index in [0.29, 0.717) is 0 Å². The van der Waals surface area contributed by atoms with Crippen molar-refractivity contribution in [3.05, 3.63) is 34.0 Å². The summed E-state index contributed by atoms with van der Waals surface area (Å²) in [6.45, 7) is 0. The van der Waals surface area contributed by atoms with Gasteiger partial charge in [0.15, 0.2) is 0 Å². The highest BCUT2D eigenvalue weighted by molar-refractivity contribution is 7.20. The molecule has 0 aliphatic heterocycles. The van der Waals surface area contributed by atoms with Gasteiger partial charge in [0.05, 0.1) is 0 Å². The normalized spacial score (nSPS) is 13.1. The molecule has 1 radical (unpaired) electrons. The van der Waals surface area contributed by atoms with E-state index >= 15 is 0 Å². The molecule has 0 saturated carbocycles. The Morgan fingerprint density at radius 3 is 3.27 bits per heavy atom. The lowest BCUT2D eigenvalue weighted by Gasteiger charge is -1.84. The highest BCUT2D eigenvalue weighted by atomic mass is 32.1. The fraction of sp³-hybridized carbons (Fsp3) is 0.111. The van der Waals surface area contributed by atoms with Gasteiger partial charge in [-0.05, 0) is 28.6 Å². The summed E-state index contributed by atoms with van der Waals surface area (Å²) in [5, 5.41) is 5.35. The molecule has 1 aliphatic rings. The maximum atomic E-state index is 3.18. The lowest BCUT2D eigenvalue weighted by Crippen LogP contribution is -1.72. The number of thiophene rings is 2. The van der Waals surface area contributed by atoms with E-state index in [1.54, 1.807) is 11.3 Å². The molecule has 0 nitrogen and oxygen atoms in total. The zero-order valence-electron chi connectivity index (χ0n) is 5.76. The highest BCUT2D eigenvalue weighted by Crippen LogP contribution is 2.43. The zero-order chi connectivity index (χ0) is 7.26. The minimum atomic E-state index is 1.13. The van der Waals surface area contributed by atoms with E-state index in [1.165, 1.54) is 20.9 Å². The van der Waals surface area contributed by atoms with Gasteiger partial charge in [-0.2, -0.15) is 0 Å². The minimum absolute atomic E-state index is 1.13. The molecule has 0 spiro atoms. The topological polar surface area (TPSA) is 0 Å². The van der Waals surface area contributed by atoms with Crippen molar-refractivity contribution >= 4 is 22.7 Å². The second-order valence-electron chi connectivity index (χ2n) is 2.67. The van der Waals surface area contributed by atoms with Gasteiger partial charge in [-0.1, -0.05) is 0 Å². The SMILES string of the molecule is [c]1cc2c(s1)-c1sccc1C2. The first-order chi connectivity index (χ1) is 5.45. The second-order valence-corrected chi connectivity index (χ2v) is 4.43. The summed E-state index contributed by atoms with van der Waals surface area (Å²) in [5.74, 6) is 0. The first kappa shape index (κ1) is 5.98. The molecule has 0 atom stereocenters. The van der Waals surface area contributed by atoms with Crippen molar-refractivity contribution < 1.29 is 0 Å². The lowest BCUT2D eigenvalue weighted by molar-refractivity contribution is 1.28. The number of hydrogen-bond acceptors (Lipinski definition) is 2. The summed E-state index contributed by atoms with van der Waals surface area (Å²) in [6.07, 6.45) is 1.13. The number of hydrogen-bond donors (Lipinski definition) is 0. The van der Waals surface area contributed by atoms with Gasteiger partial charge >= 0.3 is 0 Å². The van der Waals surface area contributed by atoms with Gasteiger partial charge in [-0.25, -0.2) is 0 Å². The van der Waals surface area contributed by atoms with E-state index in [-0.39, 0.29) is 0 Å². The van der Waals surface area contributed by atoms with Crippen LogP contribution >= 0.6 is 22.7 Å². The van der Waals surface area contributed by atoms with Gasteiger partial charge in [0.2, 0.25) is 0 Å². The van der Waals surface area contributed by atoms with Crippen LogP contribution in [0.4, 0.5) is 0 Å². The van der Waals surface area contributed by atoms with Crippen molar-refractivity contribution in [2.45, 2.75) is 6.42 Å². The van der Waals surface area contributed by atoms with E-state index in [4.69, 9.17) is 0 Å². The maximum absolute atomic E-state index is 3.18. The highest BCUT2D eigenvalue weighted by Gasteiger charge is 2.20. The molecule has 2 heteroatoms. The van der Waals surface area contributed by atoms with Gasteiger partial charge in [0, 0.05) is 21.6 Å². The van der Waals surface area contributed by atoms with Crippen LogP contribution in [0.1, 0.15) is 11.1 Å². The summed E-state index contributed by atoms with van der Waals surface area (Å²) in [5.41, 5.74) is 2.97. The molecule has 2 aromatic heterocycles. The van der Waals surface area contributed by atoms with Gasteiger partial charge in [0.1, 0.15) is 0 Å². The Labute approximate surface area is 73.1 Å². The Kier molecular flexibility index (Phi) is 1.06. The van der Waals surface area contributed by atoms with Crippen LogP contribution in [0, 0.1) is 5.38 Å². The van der Waals surface area contributed by atoms with Crippen LogP contribution in [0.5, 0.6) is 0 Å². The third kappa shape index (κ3) is 0.686. The van der Waals surface area contributed by atoms with Crippen LogP contribution in [0.3, 0.4) is 0 Å². The largest absolute Gasteiger partial charge is 0.143 e. The Bertz CT molecular complexity index is 357. The van der Waals surface area contributed by atoms with Crippen LogP contribution in [0.15, 0.2) is 17.5 Å². The molecule has 3 rings (SSSR count). The molecule has 0 fully saturated rings. The van der Waals surface area contributed by atoms with Crippen LogP contribution in [-0.4, -0.2) is 0 Å².